The lowest BCUT2D eigenvalue weighted by Crippen LogP contribution is -2.45. The average Bonchev–Trinajstić information content (AvgIpc) is 2.59. The highest BCUT2D eigenvalue weighted by Gasteiger charge is 2.29. The molecule has 0 N–H and O–H groups in total. The van der Waals surface area contributed by atoms with Gasteiger partial charge < -0.3 is 8.97 Å². The highest BCUT2D eigenvalue weighted by molar-refractivity contribution is 5.71. The van der Waals surface area contributed by atoms with Gasteiger partial charge in [-0.15, -0.1) is 0 Å². The summed E-state index contributed by atoms with van der Waals surface area (Å²) in [5, 5.41) is 0. The molecule has 0 atom stereocenters. The lowest BCUT2D eigenvalue weighted by Gasteiger charge is -2.35. The van der Waals surface area contributed by atoms with Gasteiger partial charge in [0.25, 0.3) is 0 Å². The molecule has 0 radical (unpaired) electrons. The van der Waals surface area contributed by atoms with E-state index in [2.05, 4.69) is 76.7 Å². The predicted octanol–water partition coefficient (Wildman–Crippen LogP) is 3.91. The Bertz CT molecular complexity index is 635. The monoisotopic (exact) mass is 310 g/mol. The van der Waals surface area contributed by atoms with Crippen LogP contribution in [0.1, 0.15) is 17.5 Å². The number of benzene rings is 2. The lowest BCUT2D eigenvalue weighted by atomic mass is 9.97. The predicted molar refractivity (Wildman–Crippen MR) is 97.9 cm³/mol. The van der Waals surface area contributed by atoms with Crippen molar-refractivity contribution in [2.24, 2.45) is 0 Å². The summed E-state index contributed by atoms with van der Waals surface area (Å²) >= 11 is 0. The van der Waals surface area contributed by atoms with Crippen LogP contribution in [0.15, 0.2) is 48.5 Å². The first kappa shape index (κ1) is 16.2. The summed E-state index contributed by atoms with van der Waals surface area (Å²) in [6.07, 6.45) is 1.27. The molecule has 23 heavy (non-hydrogen) atoms. The van der Waals surface area contributed by atoms with Crippen molar-refractivity contribution in [1.82, 2.24) is 0 Å². The van der Waals surface area contributed by atoms with Crippen LogP contribution >= 0.6 is 0 Å². The van der Waals surface area contributed by atoms with Gasteiger partial charge in [0.05, 0.1) is 41.3 Å². The first-order valence-corrected chi connectivity index (χ1v) is 8.67. The second-order valence-corrected chi connectivity index (χ2v) is 8.34. The van der Waals surface area contributed by atoms with E-state index in [0.717, 1.165) is 22.1 Å². The van der Waals surface area contributed by atoms with Gasteiger partial charge in [-0.05, 0) is 11.1 Å². The molecule has 1 aliphatic heterocycles. The molecule has 2 heteroatoms. The fourth-order valence-electron chi connectivity index (χ4n) is 3.81. The molecule has 0 aliphatic carbocycles. The summed E-state index contributed by atoms with van der Waals surface area (Å²) in [6.45, 7) is 4.72. The van der Waals surface area contributed by atoms with Crippen molar-refractivity contribution in [1.29, 1.82) is 0 Å². The second kappa shape index (κ2) is 6.10. The average molecular weight is 310 g/mol. The van der Waals surface area contributed by atoms with Crippen LogP contribution in [0, 0.1) is 0 Å². The third-order valence-electron chi connectivity index (χ3n) is 4.96. The minimum atomic E-state index is 1.05. The molecule has 3 rings (SSSR count). The minimum absolute atomic E-state index is 1.05. The van der Waals surface area contributed by atoms with Gasteiger partial charge in [0.15, 0.2) is 0 Å². The van der Waals surface area contributed by atoms with E-state index >= 15 is 0 Å². The van der Waals surface area contributed by atoms with Crippen LogP contribution in [0.3, 0.4) is 0 Å². The van der Waals surface area contributed by atoms with Crippen molar-refractivity contribution in [3.8, 4) is 11.1 Å². The normalized spacial score (nSPS) is 16.3. The van der Waals surface area contributed by atoms with E-state index in [9.17, 15) is 0 Å². The number of fused-ring (bicyclic) bond motifs is 3. The van der Waals surface area contributed by atoms with Gasteiger partial charge in [-0.25, -0.2) is 0 Å². The second-order valence-electron chi connectivity index (χ2n) is 8.34. The molecule has 0 saturated heterocycles. The van der Waals surface area contributed by atoms with Crippen molar-refractivity contribution >= 4 is 0 Å². The molecule has 1 heterocycles. The van der Waals surface area contributed by atoms with E-state index in [1.807, 2.05) is 0 Å². The van der Waals surface area contributed by atoms with Crippen LogP contribution in [-0.4, -0.2) is 50.2 Å². The first-order chi connectivity index (χ1) is 10.9. The number of nitrogens with zero attached hydrogens (tertiary/aromatic N) is 2. The molecule has 0 unspecified atom stereocenters. The number of quaternary nitrogens is 2. The molecule has 2 aromatic carbocycles. The fraction of sp³-hybridized carbons (Fsp3) is 0.429. The third-order valence-corrected chi connectivity index (χ3v) is 4.96. The molecule has 2 aromatic rings. The number of hydrogen-bond donors (Lipinski definition) is 0. The van der Waals surface area contributed by atoms with Crippen LogP contribution in [0.5, 0.6) is 0 Å². The van der Waals surface area contributed by atoms with Gasteiger partial charge in [0.1, 0.15) is 13.1 Å². The van der Waals surface area contributed by atoms with Gasteiger partial charge in [0, 0.05) is 17.5 Å². The van der Waals surface area contributed by atoms with E-state index < -0.39 is 0 Å². The fourth-order valence-corrected chi connectivity index (χ4v) is 3.81. The Morgan fingerprint density at radius 2 is 1.30 bits per heavy atom. The molecule has 122 valence electrons. The highest BCUT2D eigenvalue weighted by atomic mass is 15.3. The Balaban J connectivity index is 1.91. The molecular formula is C21H30N2+2. The number of rotatable bonds is 4. The van der Waals surface area contributed by atoms with E-state index in [0.29, 0.717) is 0 Å². The maximum absolute atomic E-state index is 2.43. The van der Waals surface area contributed by atoms with Crippen LogP contribution < -0.4 is 0 Å². The van der Waals surface area contributed by atoms with Crippen molar-refractivity contribution < 1.29 is 8.97 Å². The van der Waals surface area contributed by atoms with Crippen molar-refractivity contribution in [2.45, 2.75) is 19.5 Å². The molecule has 0 amide bonds. The summed E-state index contributed by atoms with van der Waals surface area (Å²) in [4.78, 5) is 0. The molecule has 2 nitrogen and oxygen atoms in total. The van der Waals surface area contributed by atoms with Crippen molar-refractivity contribution in [3.05, 3.63) is 59.7 Å². The maximum atomic E-state index is 2.43. The standard InChI is InChI=1S/C21H30N2/c1-22(2,3)14-9-15-23(4)16-18-10-5-7-12-20(18)21-13-8-6-11-19(21)17-23/h5-8,10-13H,9,14-17H2,1-4H3/q+2. The molecular weight excluding hydrogens is 280 g/mol. The van der Waals surface area contributed by atoms with Gasteiger partial charge in [-0.2, -0.15) is 0 Å². The minimum Gasteiger partial charge on any atom is -0.331 e. The van der Waals surface area contributed by atoms with Crippen molar-refractivity contribution in [2.75, 3.05) is 41.3 Å². The molecule has 0 spiro atoms. The number of hydrogen-bond acceptors (Lipinski definition) is 0. The van der Waals surface area contributed by atoms with Gasteiger partial charge in [0.2, 0.25) is 0 Å². The third kappa shape index (κ3) is 3.82. The Morgan fingerprint density at radius 3 is 1.78 bits per heavy atom. The quantitative estimate of drug-likeness (QED) is 0.751. The summed E-state index contributed by atoms with van der Waals surface area (Å²) < 4.78 is 2.15. The molecule has 0 saturated carbocycles. The highest BCUT2D eigenvalue weighted by Crippen LogP contribution is 2.35. The molecule has 0 bridgehead atoms. The first-order valence-electron chi connectivity index (χ1n) is 8.67. The Hall–Kier alpha value is -1.64. The zero-order valence-electron chi connectivity index (χ0n) is 15.0. The van der Waals surface area contributed by atoms with E-state index in [4.69, 9.17) is 0 Å². The van der Waals surface area contributed by atoms with E-state index in [1.165, 1.54) is 41.8 Å². The van der Waals surface area contributed by atoms with Gasteiger partial charge in [-0.1, -0.05) is 48.5 Å². The van der Waals surface area contributed by atoms with Crippen molar-refractivity contribution in [3.63, 3.8) is 0 Å². The zero-order chi connectivity index (χ0) is 16.5. The molecule has 0 fully saturated rings. The summed E-state index contributed by atoms with van der Waals surface area (Å²) in [6, 6.07) is 17.9. The van der Waals surface area contributed by atoms with Crippen LogP contribution in [-0.2, 0) is 13.1 Å². The van der Waals surface area contributed by atoms with E-state index in [1.54, 1.807) is 0 Å². The SMILES string of the molecule is C[N+](C)(C)CCC[N+]1(C)Cc2ccccc2-c2ccccc2C1. The Kier molecular flexibility index (Phi) is 4.31. The zero-order valence-corrected chi connectivity index (χ0v) is 15.0. The Morgan fingerprint density at radius 1 is 0.826 bits per heavy atom. The molecule has 1 aliphatic rings. The van der Waals surface area contributed by atoms with Gasteiger partial charge >= 0.3 is 0 Å². The lowest BCUT2D eigenvalue weighted by molar-refractivity contribution is -0.940. The Labute approximate surface area is 141 Å². The maximum Gasteiger partial charge on any atom is 0.105 e. The van der Waals surface area contributed by atoms with Crippen LogP contribution in [0.2, 0.25) is 0 Å². The summed E-state index contributed by atoms with van der Waals surface area (Å²) in [7, 11) is 9.28. The van der Waals surface area contributed by atoms with Crippen LogP contribution in [0.25, 0.3) is 11.1 Å². The summed E-state index contributed by atoms with van der Waals surface area (Å²) in [5.74, 6) is 0. The topological polar surface area (TPSA) is 0 Å². The molecule has 0 aromatic heterocycles. The van der Waals surface area contributed by atoms with Gasteiger partial charge in [-0.3, -0.25) is 0 Å². The van der Waals surface area contributed by atoms with E-state index in [-0.39, 0.29) is 0 Å². The van der Waals surface area contributed by atoms with Crippen LogP contribution in [0.4, 0.5) is 0 Å². The largest absolute Gasteiger partial charge is 0.331 e. The smallest absolute Gasteiger partial charge is 0.105 e. The summed E-state index contributed by atoms with van der Waals surface area (Å²) in [5.41, 5.74) is 5.84.